The minimum atomic E-state index is -0.696. The van der Waals surface area contributed by atoms with Gasteiger partial charge in [-0.3, -0.25) is 9.59 Å². The van der Waals surface area contributed by atoms with Crippen LogP contribution in [0.25, 0.3) is 22.8 Å². The van der Waals surface area contributed by atoms with Crippen molar-refractivity contribution in [2.75, 3.05) is 38.0 Å². The number of fused-ring (bicyclic) bond motifs is 2. The number of likely N-dealkylation sites (tertiary alicyclic amines) is 1. The molecule has 3 aliphatic rings. The van der Waals surface area contributed by atoms with Crippen LogP contribution in [0, 0.1) is 18.6 Å². The second kappa shape index (κ2) is 9.83. The number of carbonyl (C=O) groups is 2. The van der Waals surface area contributed by atoms with Gasteiger partial charge in [0.1, 0.15) is 11.6 Å². The van der Waals surface area contributed by atoms with E-state index < -0.39 is 11.6 Å². The van der Waals surface area contributed by atoms with Crippen molar-refractivity contribution >= 4 is 29.2 Å². The van der Waals surface area contributed by atoms with E-state index >= 15 is 0 Å². The Labute approximate surface area is 220 Å². The summed E-state index contributed by atoms with van der Waals surface area (Å²) in [7, 11) is 0. The van der Waals surface area contributed by atoms with Crippen LogP contribution in [0.15, 0.2) is 36.4 Å². The minimum Gasteiger partial charge on any atom is -0.358 e. The molecule has 3 aromatic rings. The fourth-order valence-electron chi connectivity index (χ4n) is 5.96. The number of aromatic amines is 1. The van der Waals surface area contributed by atoms with Crippen molar-refractivity contribution in [3.63, 3.8) is 0 Å². The molecule has 6 rings (SSSR count). The number of hydrogen-bond acceptors (Lipinski definition) is 3. The van der Waals surface area contributed by atoms with Crippen LogP contribution >= 0.6 is 0 Å². The van der Waals surface area contributed by atoms with E-state index in [2.05, 4.69) is 15.2 Å². The lowest BCUT2D eigenvalue weighted by molar-refractivity contribution is -0.110. The van der Waals surface area contributed by atoms with E-state index in [0.29, 0.717) is 53.2 Å². The molecule has 2 aromatic carbocycles. The molecule has 1 aromatic heterocycles. The third kappa shape index (κ3) is 4.22. The average Bonchev–Trinajstić information content (AvgIpc) is 3.40. The van der Waals surface area contributed by atoms with Gasteiger partial charge in [0.2, 0.25) is 0 Å². The third-order valence-corrected chi connectivity index (χ3v) is 7.98. The van der Waals surface area contributed by atoms with Crippen molar-refractivity contribution in [3.05, 3.63) is 76.1 Å². The SMILES string of the molecule is Cc1c(/C=C2\C(=O)Nc3cccc(-c4c(F)cccc4F)c32)[nH]c2c1C(=O)N(CCN1CCCCC1)CC2. The fourth-order valence-corrected chi connectivity index (χ4v) is 5.96. The number of nitrogens with zero attached hydrogens (tertiary/aromatic N) is 2. The van der Waals surface area contributed by atoms with Gasteiger partial charge in [0, 0.05) is 48.7 Å². The first-order chi connectivity index (χ1) is 18.4. The van der Waals surface area contributed by atoms with E-state index in [9.17, 15) is 18.4 Å². The molecule has 0 radical (unpaired) electrons. The normalized spacial score (nSPS) is 18.6. The van der Waals surface area contributed by atoms with Gasteiger partial charge < -0.3 is 20.1 Å². The van der Waals surface area contributed by atoms with Gasteiger partial charge in [-0.1, -0.05) is 24.6 Å². The molecule has 0 bridgehead atoms. The molecule has 0 unspecified atom stereocenters. The molecule has 0 atom stereocenters. The number of amides is 2. The molecule has 38 heavy (non-hydrogen) atoms. The smallest absolute Gasteiger partial charge is 0.256 e. The maximum Gasteiger partial charge on any atom is 0.256 e. The average molecular weight is 517 g/mol. The van der Waals surface area contributed by atoms with Crippen molar-refractivity contribution in [2.45, 2.75) is 32.6 Å². The first-order valence-corrected chi connectivity index (χ1v) is 13.3. The van der Waals surface area contributed by atoms with Crippen LogP contribution in [0.3, 0.4) is 0 Å². The zero-order chi connectivity index (χ0) is 26.4. The van der Waals surface area contributed by atoms with Gasteiger partial charge in [0.15, 0.2) is 0 Å². The molecule has 0 saturated carbocycles. The Hall–Kier alpha value is -3.78. The molecule has 8 heteroatoms. The quantitative estimate of drug-likeness (QED) is 0.456. The van der Waals surface area contributed by atoms with Crippen LogP contribution in [0.4, 0.5) is 14.5 Å². The maximum atomic E-state index is 14.7. The van der Waals surface area contributed by atoms with Crippen LogP contribution in [-0.4, -0.2) is 59.3 Å². The highest BCUT2D eigenvalue weighted by molar-refractivity contribution is 6.36. The number of nitrogens with one attached hydrogen (secondary N) is 2. The highest BCUT2D eigenvalue weighted by atomic mass is 19.1. The van der Waals surface area contributed by atoms with Gasteiger partial charge in [-0.2, -0.15) is 0 Å². The van der Waals surface area contributed by atoms with E-state index in [1.807, 2.05) is 11.8 Å². The highest BCUT2D eigenvalue weighted by Gasteiger charge is 2.32. The van der Waals surface area contributed by atoms with Gasteiger partial charge in [0.25, 0.3) is 11.8 Å². The summed E-state index contributed by atoms with van der Waals surface area (Å²) in [5, 5.41) is 2.82. The van der Waals surface area contributed by atoms with Crippen molar-refractivity contribution in [1.82, 2.24) is 14.8 Å². The van der Waals surface area contributed by atoms with Crippen LogP contribution < -0.4 is 5.32 Å². The maximum absolute atomic E-state index is 14.7. The molecule has 196 valence electrons. The Morgan fingerprint density at radius 3 is 2.39 bits per heavy atom. The van der Waals surface area contributed by atoms with Crippen molar-refractivity contribution in [2.24, 2.45) is 0 Å². The minimum absolute atomic E-state index is 0.00653. The number of H-pyrrole nitrogens is 1. The summed E-state index contributed by atoms with van der Waals surface area (Å²) in [5.41, 5.74) is 4.33. The van der Waals surface area contributed by atoms with Gasteiger partial charge in [-0.25, -0.2) is 8.78 Å². The largest absolute Gasteiger partial charge is 0.358 e. The first kappa shape index (κ1) is 24.6. The second-order valence-electron chi connectivity index (χ2n) is 10.3. The zero-order valence-corrected chi connectivity index (χ0v) is 21.4. The Kier molecular flexibility index (Phi) is 6.35. The van der Waals surface area contributed by atoms with Gasteiger partial charge in [0.05, 0.1) is 16.7 Å². The van der Waals surface area contributed by atoms with E-state index in [0.717, 1.165) is 30.9 Å². The molecule has 1 saturated heterocycles. The number of anilines is 1. The van der Waals surface area contributed by atoms with Gasteiger partial charge in [-0.15, -0.1) is 0 Å². The summed E-state index contributed by atoms with van der Waals surface area (Å²) in [5.74, 6) is -1.74. The highest BCUT2D eigenvalue weighted by Crippen LogP contribution is 2.42. The molecule has 3 aliphatic heterocycles. The third-order valence-electron chi connectivity index (χ3n) is 7.98. The number of carbonyl (C=O) groups excluding carboxylic acids is 2. The zero-order valence-electron chi connectivity index (χ0n) is 21.4. The number of halogens is 2. The van der Waals surface area contributed by atoms with E-state index in [1.54, 1.807) is 24.3 Å². The number of rotatable bonds is 5. The van der Waals surface area contributed by atoms with Crippen LogP contribution in [0.5, 0.6) is 0 Å². The van der Waals surface area contributed by atoms with E-state index in [-0.39, 0.29) is 17.4 Å². The summed E-state index contributed by atoms with van der Waals surface area (Å²) in [6.45, 7) is 6.30. The monoisotopic (exact) mass is 516 g/mol. The summed E-state index contributed by atoms with van der Waals surface area (Å²) in [4.78, 5) is 34.2. The fraction of sp³-hybridized carbons (Fsp3) is 0.333. The Bertz CT molecular complexity index is 1450. The predicted molar refractivity (Wildman–Crippen MR) is 144 cm³/mol. The molecule has 4 heterocycles. The summed E-state index contributed by atoms with van der Waals surface area (Å²) >= 11 is 0. The Morgan fingerprint density at radius 2 is 1.63 bits per heavy atom. The lowest BCUT2D eigenvalue weighted by Crippen LogP contribution is -2.43. The van der Waals surface area contributed by atoms with Gasteiger partial charge in [-0.05, 0) is 68.3 Å². The first-order valence-electron chi connectivity index (χ1n) is 13.3. The van der Waals surface area contributed by atoms with Crippen molar-refractivity contribution in [3.8, 4) is 11.1 Å². The molecule has 0 aliphatic carbocycles. The van der Waals surface area contributed by atoms with Crippen molar-refractivity contribution < 1.29 is 18.4 Å². The predicted octanol–water partition coefficient (Wildman–Crippen LogP) is 5.25. The summed E-state index contributed by atoms with van der Waals surface area (Å²) < 4.78 is 29.4. The lowest BCUT2D eigenvalue weighted by atomic mass is 9.93. The number of benzene rings is 2. The second-order valence-corrected chi connectivity index (χ2v) is 10.3. The van der Waals surface area contributed by atoms with Crippen LogP contribution in [-0.2, 0) is 11.2 Å². The standard InChI is InChI=1S/C30H30F2N4O2/c1-18-25(33-24-11-14-36(30(38)26(18)24)16-15-35-12-3-2-4-13-35)17-20-27-19(7-5-10-23(27)34-29(20)37)28-21(31)8-6-9-22(28)32/h5-10,17,33H,2-4,11-16H2,1H3,(H,34,37)/b20-17-. The molecule has 6 nitrogen and oxygen atoms in total. The lowest BCUT2D eigenvalue weighted by Gasteiger charge is -2.32. The van der Waals surface area contributed by atoms with Gasteiger partial charge >= 0.3 is 0 Å². The Balaban J connectivity index is 1.33. The molecular formula is C30H30F2N4O2. The molecular weight excluding hydrogens is 486 g/mol. The number of aromatic nitrogens is 1. The number of hydrogen-bond donors (Lipinski definition) is 2. The molecule has 0 spiro atoms. The Morgan fingerprint density at radius 1 is 0.895 bits per heavy atom. The molecule has 2 N–H and O–H groups in total. The number of piperidine rings is 1. The van der Waals surface area contributed by atoms with Crippen LogP contribution in [0.2, 0.25) is 0 Å². The molecule has 1 fully saturated rings. The van der Waals surface area contributed by atoms with E-state index in [1.165, 1.54) is 37.5 Å². The summed E-state index contributed by atoms with van der Waals surface area (Å²) in [6, 6.07) is 8.72. The van der Waals surface area contributed by atoms with Crippen molar-refractivity contribution in [1.29, 1.82) is 0 Å². The summed E-state index contributed by atoms with van der Waals surface area (Å²) in [6.07, 6.45) is 6.12. The van der Waals surface area contributed by atoms with Crippen LogP contribution in [0.1, 0.15) is 52.1 Å². The topological polar surface area (TPSA) is 68.4 Å². The van der Waals surface area contributed by atoms with E-state index in [4.69, 9.17) is 0 Å². The molecule has 2 amide bonds.